The highest BCUT2D eigenvalue weighted by molar-refractivity contribution is 6.17. The fourth-order valence-corrected chi connectivity index (χ4v) is 2.49. The Morgan fingerprint density at radius 1 is 1.32 bits per heavy atom. The van der Waals surface area contributed by atoms with Crippen molar-refractivity contribution < 1.29 is 4.74 Å². The lowest BCUT2D eigenvalue weighted by Gasteiger charge is -2.04. The van der Waals surface area contributed by atoms with Gasteiger partial charge in [-0.3, -0.25) is 4.68 Å². The van der Waals surface area contributed by atoms with Crippen LogP contribution < -0.4 is 4.74 Å². The lowest BCUT2D eigenvalue weighted by Crippen LogP contribution is -2.02. The van der Waals surface area contributed by atoms with Gasteiger partial charge in [0.1, 0.15) is 5.75 Å². The van der Waals surface area contributed by atoms with E-state index in [0.717, 1.165) is 43.9 Å². The number of benzene rings is 1. The molecule has 1 aromatic heterocycles. The van der Waals surface area contributed by atoms with Crippen LogP contribution in [-0.4, -0.2) is 27.5 Å². The molecule has 0 saturated heterocycles. The molecule has 0 aliphatic carbocycles. The maximum absolute atomic E-state index is 5.68. The quantitative estimate of drug-likeness (QED) is 0.787. The molecule has 0 bridgehead atoms. The van der Waals surface area contributed by atoms with Crippen LogP contribution in [0.4, 0.5) is 0 Å². The van der Waals surface area contributed by atoms with Crippen LogP contribution in [0.1, 0.15) is 16.8 Å². The van der Waals surface area contributed by atoms with Gasteiger partial charge >= 0.3 is 0 Å². The van der Waals surface area contributed by atoms with Crippen molar-refractivity contribution in [2.24, 2.45) is 0 Å². The summed E-state index contributed by atoms with van der Waals surface area (Å²) in [6.45, 7) is 1.65. The Kier molecular flexibility index (Phi) is 3.69. The zero-order valence-electron chi connectivity index (χ0n) is 10.7. The average molecular weight is 278 g/mol. The van der Waals surface area contributed by atoms with Gasteiger partial charge in [0.05, 0.1) is 12.3 Å². The van der Waals surface area contributed by atoms with Crippen LogP contribution >= 0.6 is 11.6 Å². The summed E-state index contributed by atoms with van der Waals surface area (Å²) in [4.78, 5) is 0. The second-order valence-corrected chi connectivity index (χ2v) is 5.08. The number of aromatic nitrogens is 3. The minimum Gasteiger partial charge on any atom is -0.493 e. The molecule has 0 saturated carbocycles. The van der Waals surface area contributed by atoms with Crippen LogP contribution in [0.5, 0.6) is 5.75 Å². The lowest BCUT2D eigenvalue weighted by atomic mass is 10.1. The first-order valence-corrected chi connectivity index (χ1v) is 7.08. The fraction of sp³-hybridized carbons (Fsp3) is 0.429. The van der Waals surface area contributed by atoms with Gasteiger partial charge in [-0.1, -0.05) is 17.3 Å². The molecule has 1 aliphatic heterocycles. The average Bonchev–Trinajstić information content (AvgIpc) is 3.04. The minimum absolute atomic E-state index is 0.587. The van der Waals surface area contributed by atoms with Crippen molar-refractivity contribution in [2.75, 3.05) is 12.5 Å². The Bertz CT molecular complexity index is 568. The zero-order chi connectivity index (χ0) is 13.1. The molecule has 2 heterocycles. The molecular weight excluding hydrogens is 262 g/mol. The summed E-state index contributed by atoms with van der Waals surface area (Å²) in [7, 11) is 0. The molecule has 1 aromatic carbocycles. The molecule has 0 fully saturated rings. The summed E-state index contributed by atoms with van der Waals surface area (Å²) in [6.07, 6.45) is 4.72. The van der Waals surface area contributed by atoms with Crippen LogP contribution in [0.25, 0.3) is 0 Å². The predicted molar refractivity (Wildman–Crippen MR) is 73.8 cm³/mol. The monoisotopic (exact) mass is 277 g/mol. The van der Waals surface area contributed by atoms with Crippen molar-refractivity contribution in [1.82, 2.24) is 15.0 Å². The van der Waals surface area contributed by atoms with E-state index in [0.29, 0.717) is 5.88 Å². The van der Waals surface area contributed by atoms with Gasteiger partial charge in [0, 0.05) is 31.5 Å². The number of halogens is 1. The highest BCUT2D eigenvalue weighted by Gasteiger charge is 2.11. The number of ether oxygens (including phenoxy) is 1. The summed E-state index contributed by atoms with van der Waals surface area (Å²) in [5.74, 6) is 1.62. The number of alkyl halides is 1. The Labute approximate surface area is 117 Å². The molecule has 4 nitrogen and oxygen atoms in total. The van der Waals surface area contributed by atoms with E-state index in [-0.39, 0.29) is 0 Å². The van der Waals surface area contributed by atoms with Crippen molar-refractivity contribution in [2.45, 2.75) is 25.8 Å². The number of aryl methyl sites for hydroxylation is 3. The summed E-state index contributed by atoms with van der Waals surface area (Å²) in [5, 5.41) is 8.19. The highest BCUT2D eigenvalue weighted by atomic mass is 35.5. The van der Waals surface area contributed by atoms with Crippen molar-refractivity contribution >= 4 is 11.6 Å². The van der Waals surface area contributed by atoms with Gasteiger partial charge in [-0.15, -0.1) is 16.7 Å². The van der Waals surface area contributed by atoms with E-state index in [1.165, 1.54) is 11.1 Å². The van der Waals surface area contributed by atoms with Gasteiger partial charge in [0.15, 0.2) is 0 Å². The van der Waals surface area contributed by atoms with Crippen molar-refractivity contribution in [1.29, 1.82) is 0 Å². The molecule has 19 heavy (non-hydrogen) atoms. The van der Waals surface area contributed by atoms with Crippen molar-refractivity contribution in [3.8, 4) is 5.75 Å². The van der Waals surface area contributed by atoms with E-state index < -0.39 is 0 Å². The third-order valence-electron chi connectivity index (χ3n) is 3.32. The van der Waals surface area contributed by atoms with E-state index in [2.05, 4.69) is 28.5 Å². The Morgan fingerprint density at radius 3 is 3.16 bits per heavy atom. The van der Waals surface area contributed by atoms with Crippen molar-refractivity contribution in [3.63, 3.8) is 0 Å². The number of fused-ring (bicyclic) bond motifs is 1. The van der Waals surface area contributed by atoms with Crippen LogP contribution in [0.2, 0.25) is 0 Å². The molecule has 0 unspecified atom stereocenters. The summed E-state index contributed by atoms with van der Waals surface area (Å²) in [5.41, 5.74) is 3.59. The molecule has 1 aliphatic rings. The van der Waals surface area contributed by atoms with Gasteiger partial charge in [-0.05, 0) is 23.6 Å². The second-order valence-electron chi connectivity index (χ2n) is 4.70. The largest absolute Gasteiger partial charge is 0.493 e. The molecule has 0 spiro atoms. The Hall–Kier alpha value is -1.55. The van der Waals surface area contributed by atoms with Crippen LogP contribution in [0.15, 0.2) is 24.4 Å². The maximum Gasteiger partial charge on any atom is 0.122 e. The smallest absolute Gasteiger partial charge is 0.122 e. The first kappa shape index (κ1) is 12.5. The SMILES string of the molecule is ClCCc1cn(CCc2ccc3c(c2)CCO3)nn1. The van der Waals surface area contributed by atoms with Crippen LogP contribution in [0.3, 0.4) is 0 Å². The molecule has 5 heteroatoms. The normalized spacial score (nSPS) is 13.3. The van der Waals surface area contributed by atoms with E-state index in [1.54, 1.807) is 0 Å². The molecule has 2 aromatic rings. The standard InChI is InChI=1S/C14H16ClN3O/c15-6-3-13-10-18(17-16-13)7-4-11-1-2-14-12(9-11)5-8-19-14/h1-2,9-10H,3-8H2. The number of hydrogen-bond donors (Lipinski definition) is 0. The van der Waals surface area contributed by atoms with Gasteiger partial charge < -0.3 is 4.74 Å². The van der Waals surface area contributed by atoms with E-state index >= 15 is 0 Å². The number of hydrogen-bond acceptors (Lipinski definition) is 3. The summed E-state index contributed by atoms with van der Waals surface area (Å²) >= 11 is 5.68. The molecule has 0 atom stereocenters. The summed E-state index contributed by atoms with van der Waals surface area (Å²) < 4.78 is 7.39. The Balaban J connectivity index is 1.62. The zero-order valence-corrected chi connectivity index (χ0v) is 11.4. The van der Waals surface area contributed by atoms with E-state index in [4.69, 9.17) is 16.3 Å². The first-order chi connectivity index (χ1) is 9.35. The van der Waals surface area contributed by atoms with E-state index in [9.17, 15) is 0 Å². The van der Waals surface area contributed by atoms with Gasteiger partial charge in [-0.2, -0.15) is 0 Å². The van der Waals surface area contributed by atoms with Crippen LogP contribution in [-0.2, 0) is 25.8 Å². The maximum atomic E-state index is 5.68. The summed E-state index contributed by atoms with van der Waals surface area (Å²) in [6, 6.07) is 6.43. The molecule has 0 radical (unpaired) electrons. The third kappa shape index (κ3) is 2.89. The van der Waals surface area contributed by atoms with Crippen LogP contribution in [0, 0.1) is 0 Å². The second kappa shape index (κ2) is 5.61. The van der Waals surface area contributed by atoms with Gasteiger partial charge in [0.25, 0.3) is 0 Å². The van der Waals surface area contributed by atoms with Gasteiger partial charge in [0.2, 0.25) is 0 Å². The fourth-order valence-electron chi connectivity index (χ4n) is 2.30. The third-order valence-corrected chi connectivity index (χ3v) is 3.51. The highest BCUT2D eigenvalue weighted by Crippen LogP contribution is 2.26. The molecule has 0 N–H and O–H groups in total. The molecule has 100 valence electrons. The minimum atomic E-state index is 0.587. The molecule has 3 rings (SSSR count). The number of nitrogens with zero attached hydrogens (tertiary/aromatic N) is 3. The predicted octanol–water partition coefficient (Wildman–Crippen LogP) is 2.24. The molecular formula is C14H16ClN3O. The Morgan fingerprint density at radius 2 is 2.26 bits per heavy atom. The topological polar surface area (TPSA) is 39.9 Å². The van der Waals surface area contributed by atoms with E-state index in [1.807, 2.05) is 10.9 Å². The first-order valence-electron chi connectivity index (χ1n) is 6.55. The van der Waals surface area contributed by atoms with Gasteiger partial charge in [-0.25, -0.2) is 0 Å². The molecule has 0 amide bonds. The van der Waals surface area contributed by atoms with Crippen molar-refractivity contribution in [3.05, 3.63) is 41.2 Å². The lowest BCUT2D eigenvalue weighted by molar-refractivity contribution is 0.357. The number of rotatable bonds is 5.